The molecule has 0 radical (unpaired) electrons. The summed E-state index contributed by atoms with van der Waals surface area (Å²) in [4.78, 5) is 82.1. The van der Waals surface area contributed by atoms with Crippen molar-refractivity contribution >= 4 is 78.9 Å². The molecule has 5 aliphatic rings. The molecule has 1 unspecified atom stereocenters. The third kappa shape index (κ3) is 22.5. The summed E-state index contributed by atoms with van der Waals surface area (Å²) in [6.45, 7) is 3.57. The molecule has 4 saturated carbocycles. The summed E-state index contributed by atoms with van der Waals surface area (Å²) in [5.74, 6) is -3.67. The monoisotopic (exact) mass is 1600 g/mol. The number of benzene rings is 4. The number of amides is 2. The maximum atomic E-state index is 13.4. The number of carbonyl (C=O) groups excluding carboxylic acids is 6. The Morgan fingerprint density at radius 2 is 0.964 bits per heavy atom. The molecular formula is C76H90Cl2N6O24S2. The van der Waals surface area contributed by atoms with E-state index in [1.165, 1.54) is 36.4 Å². The van der Waals surface area contributed by atoms with E-state index in [0.29, 0.717) is 34.0 Å². The second kappa shape index (κ2) is 37.8. The fourth-order valence-corrected chi connectivity index (χ4v) is 14.8. The number of hydrogen-bond acceptors (Lipinski definition) is 26. The lowest BCUT2D eigenvalue weighted by Gasteiger charge is -2.43. The molecule has 9 N–H and O–H groups in total. The molecule has 4 aromatic carbocycles. The van der Waals surface area contributed by atoms with Crippen molar-refractivity contribution in [1.82, 2.24) is 30.0 Å². The molecule has 9 atom stereocenters. The van der Waals surface area contributed by atoms with E-state index >= 15 is 0 Å². The van der Waals surface area contributed by atoms with Gasteiger partial charge in [0.2, 0.25) is 32.4 Å². The quantitative estimate of drug-likeness (QED) is 0.0119. The number of carbonyl (C=O) groups is 6. The number of pyridine rings is 2. The number of aliphatic hydroxyl groups is 5. The van der Waals surface area contributed by atoms with Crippen molar-refractivity contribution in [1.29, 1.82) is 0 Å². The summed E-state index contributed by atoms with van der Waals surface area (Å²) in [6, 6.07) is 28.5. The molecule has 30 nitrogen and oxygen atoms in total. The predicted octanol–water partition coefficient (Wildman–Crippen LogP) is 6.17. The lowest BCUT2D eigenvalue weighted by molar-refractivity contribution is -0.290. The molecular weight excluding hydrogens is 1520 g/mol. The van der Waals surface area contributed by atoms with Crippen LogP contribution in [0.15, 0.2) is 132 Å². The zero-order chi connectivity index (χ0) is 79.1. The zero-order valence-corrected chi connectivity index (χ0v) is 63.9. The molecule has 4 aliphatic carbocycles. The molecule has 6 aromatic rings. The van der Waals surface area contributed by atoms with Gasteiger partial charge in [0.25, 0.3) is 11.8 Å². The van der Waals surface area contributed by atoms with Gasteiger partial charge < -0.3 is 78.8 Å². The lowest BCUT2D eigenvalue weighted by atomic mass is 9.96. The first-order valence-corrected chi connectivity index (χ1v) is 39.7. The number of nitrogens with zero attached hydrogens (tertiary/aromatic N) is 2. The Balaban J connectivity index is 0.000000240. The van der Waals surface area contributed by atoms with Crippen LogP contribution < -0.4 is 29.6 Å². The largest absolute Gasteiger partial charge is 0.490 e. The van der Waals surface area contributed by atoms with E-state index in [2.05, 4.69) is 30.0 Å². The first-order chi connectivity index (χ1) is 52.5. The highest BCUT2D eigenvalue weighted by molar-refractivity contribution is 7.89. The fourth-order valence-electron chi connectivity index (χ4n) is 12.2. The van der Waals surface area contributed by atoms with Crippen LogP contribution in [0.5, 0.6) is 11.5 Å². The number of rotatable bonds is 38. The van der Waals surface area contributed by atoms with Gasteiger partial charge in [-0.1, -0.05) is 59.6 Å². The molecule has 1 aliphatic heterocycles. The van der Waals surface area contributed by atoms with Gasteiger partial charge in [-0.25, -0.2) is 26.3 Å². The van der Waals surface area contributed by atoms with Crippen molar-refractivity contribution in [3.05, 3.63) is 154 Å². The van der Waals surface area contributed by atoms with Crippen molar-refractivity contribution in [2.24, 2.45) is 0 Å². The number of unbranched alkanes of at least 4 members (excludes halogenated alkanes) is 2. The van der Waals surface area contributed by atoms with Crippen molar-refractivity contribution in [2.75, 3.05) is 32.8 Å². The summed E-state index contributed by atoms with van der Waals surface area (Å²) in [5, 5.41) is 53.3. The number of hydrogen-bond donors (Lipinski definition) is 9. The van der Waals surface area contributed by atoms with E-state index in [0.717, 1.165) is 124 Å². The van der Waals surface area contributed by atoms with E-state index < -0.39 is 129 Å². The summed E-state index contributed by atoms with van der Waals surface area (Å²) in [6.07, 6.45) is 0.115. The first-order valence-electron chi connectivity index (χ1n) is 36.0. The average molecular weight is 1610 g/mol. The van der Waals surface area contributed by atoms with Crippen molar-refractivity contribution in [3.8, 4) is 33.8 Å². The minimum absolute atomic E-state index is 0.00854. The number of para-hydroxylation sites is 2. The summed E-state index contributed by atoms with van der Waals surface area (Å²) < 4.78 is 110. The van der Waals surface area contributed by atoms with Gasteiger partial charge in [-0.3, -0.25) is 38.7 Å². The lowest BCUT2D eigenvalue weighted by Crippen LogP contribution is -2.65. The molecule has 11 rings (SSSR count). The Kier molecular flexibility index (Phi) is 28.9. The third-order valence-corrected chi connectivity index (χ3v) is 22.2. The summed E-state index contributed by atoms with van der Waals surface area (Å²) in [5.41, 5.74) is 5.47. The summed E-state index contributed by atoms with van der Waals surface area (Å²) in [7, 11) is -7.90. The van der Waals surface area contributed by atoms with Crippen LogP contribution in [0.3, 0.4) is 0 Å². The fraction of sp³-hybridized carbons (Fsp3) is 0.474. The number of nitrogens with one attached hydrogen (secondary N) is 4. The maximum absolute atomic E-state index is 13.4. The van der Waals surface area contributed by atoms with Crippen LogP contribution in [-0.4, -0.2) is 188 Å². The minimum atomic E-state index is -3.99. The number of halogens is 2. The van der Waals surface area contributed by atoms with Crippen LogP contribution in [0.2, 0.25) is 10.0 Å². The van der Waals surface area contributed by atoms with E-state index in [-0.39, 0.29) is 74.2 Å². The van der Waals surface area contributed by atoms with Crippen molar-refractivity contribution < 1.29 is 114 Å². The molecule has 110 heavy (non-hydrogen) atoms. The van der Waals surface area contributed by atoms with Gasteiger partial charge in [0.05, 0.1) is 53.0 Å². The Hall–Kier alpha value is -8.32. The van der Waals surface area contributed by atoms with Crippen LogP contribution in [0, 0.1) is 0 Å². The van der Waals surface area contributed by atoms with Gasteiger partial charge in [-0.15, -0.1) is 0 Å². The van der Waals surface area contributed by atoms with Crippen LogP contribution >= 0.6 is 23.2 Å². The molecule has 2 amide bonds. The van der Waals surface area contributed by atoms with Crippen LogP contribution in [0.25, 0.3) is 22.3 Å². The van der Waals surface area contributed by atoms with Crippen molar-refractivity contribution in [2.45, 2.75) is 206 Å². The van der Waals surface area contributed by atoms with Gasteiger partial charge in [0, 0.05) is 111 Å². The SMILES string of the molecule is CC(=O)OC1O[C@H](C(=O)NCCCCNS(=O)(=O)c2ccc(Cl)c(COC3(c4cnccc4-c4ccccc4OC4CC4)CC3)c2)[C@@H](OC(C)=O)[C@H](OC(C)=O)[C@H]1OC(C)=O.O=C(NCCCCNS(=O)(=O)c1ccc(Cl)c(COC2(c3cnccc3-c3ccccc3OC3CC3)CC2)c1)[C@@H](O)[C@@H](O)[C@H](O)[C@@H](O)CO. The highest BCUT2D eigenvalue weighted by atomic mass is 35.5. The smallest absolute Gasteiger partial charge is 0.305 e. The second-order valence-corrected chi connectivity index (χ2v) is 31.6. The molecule has 5 fully saturated rings. The number of sulfonamides is 2. The first kappa shape index (κ1) is 84.1. The molecule has 34 heteroatoms. The average Bonchev–Trinajstić information content (AvgIpc) is 1.59. The zero-order valence-electron chi connectivity index (χ0n) is 60.8. The summed E-state index contributed by atoms with van der Waals surface area (Å²) >= 11 is 13.0. The van der Waals surface area contributed by atoms with Gasteiger partial charge in [-0.2, -0.15) is 0 Å². The van der Waals surface area contributed by atoms with Crippen LogP contribution in [0.1, 0.15) is 127 Å². The van der Waals surface area contributed by atoms with E-state index in [4.69, 9.17) is 70.9 Å². The van der Waals surface area contributed by atoms with Crippen LogP contribution in [0.4, 0.5) is 0 Å². The van der Waals surface area contributed by atoms with E-state index in [9.17, 15) is 66.0 Å². The van der Waals surface area contributed by atoms with Gasteiger partial charge in [-0.05, 0) is 160 Å². The van der Waals surface area contributed by atoms with Gasteiger partial charge in [0.1, 0.15) is 29.8 Å². The topological polar surface area (TPSA) is 429 Å². The Labute approximate surface area is 646 Å². The highest BCUT2D eigenvalue weighted by Gasteiger charge is 2.56. The van der Waals surface area contributed by atoms with Crippen LogP contribution in [-0.2, 0) is 106 Å². The Morgan fingerprint density at radius 1 is 0.536 bits per heavy atom. The number of esters is 4. The van der Waals surface area contributed by atoms with E-state index in [1.807, 2.05) is 73.1 Å². The molecule has 2 aromatic heterocycles. The number of ether oxygens (including phenoxy) is 9. The minimum Gasteiger partial charge on any atom is -0.490 e. The normalized spacial score (nSPS) is 20.0. The Bertz CT molecular complexity index is 4490. The third-order valence-electron chi connectivity index (χ3n) is 18.5. The molecule has 3 heterocycles. The standard InChI is InChI=1S/C42H48ClN3O14S.C34H42ClN3O10S/c1-24(47)55-36-37(56-25(2)48)39(57-26(3)49)41(58-27(4)50)60-38(36)40(51)45-18-7-8-19-46-61(52,53)30-13-14-34(43)28(21-30)23-54-42(16-17-42)33-22-44-20-15-31(33)32-9-5-6-10-35(32)59-29-11-12-29;35-27-10-9-23(49(45,46)38-15-4-3-14-37-33(44)32(43)31(42)30(41)28(40)19-39)17-21(27)20-47-34(12-13-34)26-18-36-16-11-24(26)25-5-1-2-6-29(25)48-22-7-8-22/h5-6,9-10,13-15,20-22,29,36-39,41,46H,7-8,11-12,16-19,23H2,1-4H3,(H,45,51);1-2,5-6,9-11,16-18,22,28,30-32,38-43H,3-4,7-8,12-15,19-20H2,(H,37,44)/t36-,37-,38-,39+,41?;28-,30+,31-,32-/m00/s1. The molecule has 1 saturated heterocycles. The number of aliphatic hydroxyl groups excluding tert-OH is 5. The highest BCUT2D eigenvalue weighted by Crippen LogP contribution is 2.55. The van der Waals surface area contributed by atoms with E-state index in [1.54, 1.807) is 12.4 Å². The van der Waals surface area contributed by atoms with Gasteiger partial charge >= 0.3 is 23.9 Å². The Morgan fingerprint density at radius 3 is 1.40 bits per heavy atom. The number of aromatic nitrogens is 2. The van der Waals surface area contributed by atoms with Gasteiger partial charge in [0.15, 0.2) is 24.4 Å². The molecule has 0 spiro atoms. The molecule has 594 valence electrons. The van der Waals surface area contributed by atoms with Crippen molar-refractivity contribution in [3.63, 3.8) is 0 Å². The maximum Gasteiger partial charge on any atom is 0.305 e. The molecule has 0 bridgehead atoms. The predicted molar refractivity (Wildman–Crippen MR) is 394 cm³/mol. The second-order valence-electron chi connectivity index (χ2n) is 27.3.